The molecule has 2 N–H and O–H groups in total. The molecule has 6 nitrogen and oxygen atoms in total. The van der Waals surface area contributed by atoms with Crippen molar-refractivity contribution in [1.29, 1.82) is 0 Å². The number of hydrogen-bond acceptors (Lipinski definition) is 5. The summed E-state index contributed by atoms with van der Waals surface area (Å²) in [7, 11) is 0. The Balaban J connectivity index is 1.34. The number of carbonyl (C=O) groups is 2. The van der Waals surface area contributed by atoms with Crippen LogP contribution in [0.15, 0.2) is 52.4 Å². The number of aromatic nitrogens is 1. The van der Waals surface area contributed by atoms with Crippen molar-refractivity contribution in [3.63, 3.8) is 0 Å². The summed E-state index contributed by atoms with van der Waals surface area (Å²) >= 11 is 1.57. The zero-order chi connectivity index (χ0) is 19.5. The van der Waals surface area contributed by atoms with Gasteiger partial charge in [0.1, 0.15) is 5.82 Å². The highest BCUT2D eigenvalue weighted by Gasteiger charge is 2.34. The molecule has 2 bridgehead atoms. The van der Waals surface area contributed by atoms with E-state index in [0.29, 0.717) is 17.3 Å². The number of rotatable bonds is 5. The summed E-state index contributed by atoms with van der Waals surface area (Å²) in [6.45, 7) is 4.78. The van der Waals surface area contributed by atoms with E-state index in [1.807, 2.05) is 30.3 Å². The van der Waals surface area contributed by atoms with Gasteiger partial charge in [-0.2, -0.15) is 0 Å². The number of piperidine rings is 3. The predicted octanol–water partition coefficient (Wildman–Crippen LogP) is 3.02. The minimum atomic E-state index is -0.139. The predicted molar refractivity (Wildman–Crippen MR) is 110 cm³/mol. The van der Waals surface area contributed by atoms with Gasteiger partial charge in [0.2, 0.25) is 5.91 Å². The molecule has 146 valence electrons. The Bertz CT molecular complexity index is 846. The molecule has 0 saturated carbocycles. The molecular formula is C21H24N4O2S. The molecule has 0 radical (unpaired) electrons. The van der Waals surface area contributed by atoms with Crippen LogP contribution in [0.2, 0.25) is 0 Å². The summed E-state index contributed by atoms with van der Waals surface area (Å²) in [4.78, 5) is 32.3. The van der Waals surface area contributed by atoms with E-state index in [4.69, 9.17) is 0 Å². The first-order chi connectivity index (χ1) is 13.6. The lowest BCUT2D eigenvalue weighted by Crippen LogP contribution is -2.57. The largest absolute Gasteiger partial charge is 0.348 e. The Kier molecular flexibility index (Phi) is 5.64. The SMILES string of the molecule is CC(=O)Nc1ccc(Sc2ccc(C(=O)NC3CN4CCC3CC4)cc2)cn1. The minimum Gasteiger partial charge on any atom is -0.348 e. The molecule has 1 aromatic carbocycles. The molecule has 3 saturated heterocycles. The maximum Gasteiger partial charge on any atom is 0.251 e. The van der Waals surface area contributed by atoms with Gasteiger partial charge in [-0.25, -0.2) is 4.98 Å². The van der Waals surface area contributed by atoms with Crippen LogP contribution in [0.4, 0.5) is 5.82 Å². The number of anilines is 1. The first-order valence-corrected chi connectivity index (χ1v) is 10.4. The van der Waals surface area contributed by atoms with Crippen molar-refractivity contribution < 1.29 is 9.59 Å². The van der Waals surface area contributed by atoms with Gasteiger partial charge in [-0.1, -0.05) is 11.8 Å². The van der Waals surface area contributed by atoms with Crippen LogP contribution in [0, 0.1) is 5.92 Å². The fourth-order valence-corrected chi connectivity index (χ4v) is 4.67. The Morgan fingerprint density at radius 1 is 1.07 bits per heavy atom. The van der Waals surface area contributed by atoms with Gasteiger partial charge in [-0.05, 0) is 68.2 Å². The van der Waals surface area contributed by atoms with Crippen LogP contribution in [0.1, 0.15) is 30.1 Å². The van der Waals surface area contributed by atoms with E-state index in [1.54, 1.807) is 24.0 Å². The molecule has 1 aromatic heterocycles. The topological polar surface area (TPSA) is 74.3 Å². The number of hydrogen-bond donors (Lipinski definition) is 2. The van der Waals surface area contributed by atoms with Gasteiger partial charge in [-0.3, -0.25) is 9.59 Å². The smallest absolute Gasteiger partial charge is 0.251 e. The van der Waals surface area contributed by atoms with E-state index in [2.05, 4.69) is 20.5 Å². The van der Waals surface area contributed by atoms with Crippen molar-refractivity contribution in [1.82, 2.24) is 15.2 Å². The van der Waals surface area contributed by atoms with Gasteiger partial charge >= 0.3 is 0 Å². The van der Waals surface area contributed by atoms with Crippen LogP contribution in [-0.4, -0.2) is 47.4 Å². The molecule has 28 heavy (non-hydrogen) atoms. The maximum absolute atomic E-state index is 12.6. The van der Waals surface area contributed by atoms with Crippen molar-refractivity contribution in [2.45, 2.75) is 35.6 Å². The normalized spacial score (nSPS) is 23.2. The molecule has 5 rings (SSSR count). The fraction of sp³-hybridized carbons (Fsp3) is 0.381. The van der Waals surface area contributed by atoms with Gasteiger partial charge in [0.15, 0.2) is 0 Å². The zero-order valence-corrected chi connectivity index (χ0v) is 16.7. The number of amides is 2. The minimum absolute atomic E-state index is 0.0108. The van der Waals surface area contributed by atoms with Gasteiger partial charge in [0.05, 0.1) is 0 Å². The summed E-state index contributed by atoms with van der Waals surface area (Å²) in [5.74, 6) is 1.03. The summed E-state index contributed by atoms with van der Waals surface area (Å²) in [6, 6.07) is 11.6. The summed E-state index contributed by atoms with van der Waals surface area (Å²) in [5.41, 5.74) is 0.694. The van der Waals surface area contributed by atoms with Gasteiger partial charge < -0.3 is 15.5 Å². The lowest BCUT2D eigenvalue weighted by atomic mass is 9.84. The van der Waals surface area contributed by atoms with Crippen molar-refractivity contribution in [3.8, 4) is 0 Å². The lowest BCUT2D eigenvalue weighted by molar-refractivity contribution is -0.114. The number of nitrogens with zero attached hydrogens (tertiary/aromatic N) is 2. The number of fused-ring (bicyclic) bond motifs is 3. The standard InChI is InChI=1S/C21H24N4O2S/c1-14(26)23-20-7-6-18(12-22-20)28-17-4-2-16(3-5-17)21(27)24-19-13-25-10-8-15(19)9-11-25/h2-7,12,15,19H,8-11,13H2,1H3,(H,24,27)(H,22,23,26). The third kappa shape index (κ3) is 4.54. The number of pyridine rings is 1. The monoisotopic (exact) mass is 396 g/mol. The molecule has 0 spiro atoms. The third-order valence-electron chi connectivity index (χ3n) is 5.37. The van der Waals surface area contributed by atoms with Crippen molar-refractivity contribution >= 4 is 29.4 Å². The highest BCUT2D eigenvalue weighted by Crippen LogP contribution is 2.29. The van der Waals surface area contributed by atoms with Gasteiger partial charge in [-0.15, -0.1) is 0 Å². The Morgan fingerprint density at radius 2 is 1.79 bits per heavy atom. The molecule has 3 aliphatic rings. The summed E-state index contributed by atoms with van der Waals surface area (Å²) in [6.07, 6.45) is 4.11. The fourth-order valence-electron chi connectivity index (χ4n) is 3.89. The highest BCUT2D eigenvalue weighted by atomic mass is 32.2. The third-order valence-corrected chi connectivity index (χ3v) is 6.35. The zero-order valence-electron chi connectivity index (χ0n) is 15.9. The van der Waals surface area contributed by atoms with E-state index in [9.17, 15) is 9.59 Å². The van der Waals surface area contributed by atoms with Crippen molar-refractivity contribution in [2.75, 3.05) is 25.0 Å². The molecule has 3 aliphatic heterocycles. The van der Waals surface area contributed by atoms with E-state index in [0.717, 1.165) is 16.3 Å². The van der Waals surface area contributed by atoms with E-state index >= 15 is 0 Å². The van der Waals surface area contributed by atoms with E-state index in [-0.39, 0.29) is 17.9 Å². The van der Waals surface area contributed by atoms with Crippen LogP contribution >= 0.6 is 11.8 Å². The van der Waals surface area contributed by atoms with Crippen LogP contribution in [0.5, 0.6) is 0 Å². The van der Waals surface area contributed by atoms with Crippen LogP contribution in [0.3, 0.4) is 0 Å². The van der Waals surface area contributed by atoms with Gasteiger partial charge in [0.25, 0.3) is 5.91 Å². The quantitative estimate of drug-likeness (QED) is 0.813. The molecule has 3 fully saturated rings. The molecule has 7 heteroatoms. The maximum atomic E-state index is 12.6. The summed E-state index contributed by atoms with van der Waals surface area (Å²) in [5, 5.41) is 5.88. The van der Waals surface area contributed by atoms with Crippen molar-refractivity contribution in [3.05, 3.63) is 48.2 Å². The Morgan fingerprint density at radius 3 is 2.36 bits per heavy atom. The van der Waals surface area contributed by atoms with Crippen LogP contribution in [0.25, 0.3) is 0 Å². The second-order valence-corrected chi connectivity index (χ2v) is 8.55. The van der Waals surface area contributed by atoms with E-state index in [1.165, 1.54) is 32.9 Å². The molecule has 1 unspecified atom stereocenters. The number of nitrogens with one attached hydrogen (secondary N) is 2. The second kappa shape index (κ2) is 8.32. The lowest BCUT2D eigenvalue weighted by Gasteiger charge is -2.44. The molecule has 4 heterocycles. The first-order valence-electron chi connectivity index (χ1n) is 9.61. The number of benzene rings is 1. The number of carbonyl (C=O) groups excluding carboxylic acids is 2. The second-order valence-electron chi connectivity index (χ2n) is 7.40. The van der Waals surface area contributed by atoms with Gasteiger partial charge in [0, 0.05) is 41.1 Å². The van der Waals surface area contributed by atoms with Crippen LogP contribution in [-0.2, 0) is 4.79 Å². The summed E-state index contributed by atoms with van der Waals surface area (Å²) < 4.78 is 0. The molecule has 2 amide bonds. The Labute approximate surface area is 169 Å². The Hall–Kier alpha value is -2.38. The molecule has 1 atom stereocenters. The first kappa shape index (κ1) is 19.0. The van der Waals surface area contributed by atoms with Crippen molar-refractivity contribution in [2.24, 2.45) is 5.92 Å². The molecule has 0 aliphatic carbocycles. The molecular weight excluding hydrogens is 372 g/mol. The van der Waals surface area contributed by atoms with E-state index < -0.39 is 0 Å². The highest BCUT2D eigenvalue weighted by molar-refractivity contribution is 7.99. The average Bonchev–Trinajstić information content (AvgIpc) is 2.70. The van der Waals surface area contributed by atoms with Crippen LogP contribution < -0.4 is 10.6 Å². The average molecular weight is 397 g/mol. The molecule has 2 aromatic rings.